The molecular formula is C18H10O4. The fourth-order valence-corrected chi connectivity index (χ4v) is 2.22. The molecule has 2 N–H and O–H groups in total. The van der Waals surface area contributed by atoms with Gasteiger partial charge in [-0.3, -0.25) is 0 Å². The number of hydrogen-bond acceptors (Lipinski definition) is 2. The first-order valence-electron chi connectivity index (χ1n) is 6.17. The fourth-order valence-electron chi connectivity index (χ4n) is 2.22. The van der Waals surface area contributed by atoms with Gasteiger partial charge in [-0.05, 0) is 23.3 Å². The van der Waals surface area contributed by atoms with E-state index in [-0.39, 0.29) is 22.3 Å². The largest absolute Gasteiger partial charge is 0.478 e. The van der Waals surface area contributed by atoms with Gasteiger partial charge in [0.1, 0.15) is 0 Å². The van der Waals surface area contributed by atoms with Gasteiger partial charge in [0.05, 0.1) is 11.1 Å². The smallest absolute Gasteiger partial charge is 0.336 e. The first-order valence-corrected chi connectivity index (χ1v) is 6.17. The van der Waals surface area contributed by atoms with E-state index >= 15 is 0 Å². The van der Waals surface area contributed by atoms with E-state index in [1.54, 1.807) is 12.1 Å². The van der Waals surface area contributed by atoms with Crippen molar-refractivity contribution in [2.24, 2.45) is 0 Å². The van der Waals surface area contributed by atoms with Crippen molar-refractivity contribution in [1.82, 2.24) is 0 Å². The molecule has 0 saturated heterocycles. The summed E-state index contributed by atoms with van der Waals surface area (Å²) in [6, 6.07) is 9.07. The van der Waals surface area contributed by atoms with Gasteiger partial charge in [0.15, 0.2) is 0 Å². The highest BCUT2D eigenvalue weighted by Gasteiger charge is 2.18. The average Bonchev–Trinajstić information content (AvgIpc) is 2.52. The highest BCUT2D eigenvalue weighted by Crippen LogP contribution is 2.30. The Morgan fingerprint density at radius 3 is 1.41 bits per heavy atom. The van der Waals surface area contributed by atoms with Crippen molar-refractivity contribution in [1.29, 1.82) is 0 Å². The predicted molar refractivity (Wildman–Crippen MR) is 81.7 cm³/mol. The molecule has 0 aliphatic carbocycles. The van der Waals surface area contributed by atoms with Crippen LogP contribution in [0.3, 0.4) is 0 Å². The molecule has 0 aliphatic rings. The highest BCUT2D eigenvalue weighted by atomic mass is 16.4. The Morgan fingerprint density at radius 2 is 1.14 bits per heavy atom. The lowest BCUT2D eigenvalue weighted by molar-refractivity contribution is 0.0685. The van der Waals surface area contributed by atoms with Crippen molar-refractivity contribution in [2.45, 2.75) is 0 Å². The van der Waals surface area contributed by atoms with E-state index in [9.17, 15) is 19.8 Å². The minimum Gasteiger partial charge on any atom is -0.478 e. The van der Waals surface area contributed by atoms with Gasteiger partial charge < -0.3 is 10.2 Å². The number of hydrogen-bond donors (Lipinski definition) is 2. The molecule has 22 heavy (non-hydrogen) atoms. The Hall–Kier alpha value is -3.50. The van der Waals surface area contributed by atoms with Gasteiger partial charge in [-0.1, -0.05) is 36.1 Å². The molecule has 106 valence electrons. The number of benzene rings is 2. The summed E-state index contributed by atoms with van der Waals surface area (Å²) in [6.45, 7) is 0. The third kappa shape index (κ3) is 2.42. The van der Waals surface area contributed by atoms with Crippen LogP contribution in [0.2, 0.25) is 0 Å². The van der Waals surface area contributed by atoms with Crippen LogP contribution in [0.1, 0.15) is 31.8 Å². The second kappa shape index (κ2) is 5.87. The van der Waals surface area contributed by atoms with Crippen molar-refractivity contribution in [2.75, 3.05) is 0 Å². The van der Waals surface area contributed by atoms with Crippen LogP contribution in [0, 0.1) is 24.7 Å². The first-order chi connectivity index (χ1) is 10.5. The molecule has 4 nitrogen and oxygen atoms in total. The lowest BCUT2D eigenvalue weighted by Crippen LogP contribution is -2.04. The fraction of sp³-hybridized carbons (Fsp3) is 0. The van der Waals surface area contributed by atoms with Crippen molar-refractivity contribution in [3.63, 3.8) is 0 Å². The molecule has 4 heteroatoms. The molecule has 0 unspecified atom stereocenters. The van der Waals surface area contributed by atoms with E-state index in [4.69, 9.17) is 12.8 Å². The summed E-state index contributed by atoms with van der Waals surface area (Å²) in [6.07, 6.45) is 10.9. The molecule has 0 radical (unpaired) electrons. The summed E-state index contributed by atoms with van der Waals surface area (Å²) < 4.78 is 0. The van der Waals surface area contributed by atoms with Gasteiger partial charge in [0, 0.05) is 11.1 Å². The maximum absolute atomic E-state index is 11.3. The number of terminal acetylenes is 2. The van der Waals surface area contributed by atoms with Gasteiger partial charge in [-0.2, -0.15) is 0 Å². The maximum Gasteiger partial charge on any atom is 0.336 e. The molecule has 0 aromatic heterocycles. The Kier molecular flexibility index (Phi) is 3.97. The molecule has 2 aromatic carbocycles. The standard InChI is InChI=1S/C18H10O4/c1-3-11-13(7-5-9-15(11)17(19)20)14-8-6-10-16(18(21)22)12(14)4-2/h1-2,5-10H,(H,19,20)(H,21,22). The van der Waals surface area contributed by atoms with Crippen molar-refractivity contribution < 1.29 is 19.8 Å². The minimum atomic E-state index is -1.16. The zero-order valence-electron chi connectivity index (χ0n) is 11.3. The number of carboxylic acids is 2. The van der Waals surface area contributed by atoms with Crippen LogP contribution in [0.5, 0.6) is 0 Å². The third-order valence-corrected chi connectivity index (χ3v) is 3.17. The third-order valence-electron chi connectivity index (χ3n) is 3.17. The van der Waals surface area contributed by atoms with E-state index < -0.39 is 11.9 Å². The Balaban J connectivity index is 2.85. The van der Waals surface area contributed by atoms with Gasteiger partial charge in [-0.25, -0.2) is 9.59 Å². The lowest BCUT2D eigenvalue weighted by atomic mass is 9.90. The summed E-state index contributed by atoms with van der Waals surface area (Å²) in [5, 5.41) is 18.4. The van der Waals surface area contributed by atoms with Crippen molar-refractivity contribution in [3.05, 3.63) is 58.7 Å². The van der Waals surface area contributed by atoms with Crippen molar-refractivity contribution >= 4 is 11.9 Å². The monoisotopic (exact) mass is 290 g/mol. The number of carbonyl (C=O) groups is 2. The van der Waals surface area contributed by atoms with Crippen molar-refractivity contribution in [3.8, 4) is 35.8 Å². The first kappa shape index (κ1) is 14.9. The van der Waals surface area contributed by atoms with E-state index in [0.717, 1.165) is 0 Å². The quantitative estimate of drug-likeness (QED) is 0.852. The number of carboxylic acid groups (broad SMARTS) is 2. The van der Waals surface area contributed by atoms with Crippen LogP contribution >= 0.6 is 0 Å². The second-order valence-corrected chi connectivity index (χ2v) is 4.36. The maximum atomic E-state index is 11.3. The van der Waals surface area contributed by atoms with E-state index in [2.05, 4.69) is 11.8 Å². The molecule has 0 fully saturated rings. The van der Waals surface area contributed by atoms with Gasteiger partial charge in [0.25, 0.3) is 0 Å². The second-order valence-electron chi connectivity index (χ2n) is 4.36. The SMILES string of the molecule is C#Cc1c(C(=O)O)cccc1-c1cccc(C(=O)O)c1C#C. The van der Waals surface area contributed by atoms with Crippen LogP contribution in [-0.2, 0) is 0 Å². The lowest BCUT2D eigenvalue weighted by Gasteiger charge is -2.11. The molecule has 0 saturated carbocycles. The zero-order valence-corrected chi connectivity index (χ0v) is 11.3. The Bertz CT molecular complexity index is 790. The van der Waals surface area contributed by atoms with Crippen LogP contribution in [0.25, 0.3) is 11.1 Å². The Morgan fingerprint density at radius 1 is 0.773 bits per heavy atom. The van der Waals surface area contributed by atoms with Gasteiger partial charge in [0.2, 0.25) is 0 Å². The molecule has 0 spiro atoms. The van der Waals surface area contributed by atoms with Gasteiger partial charge >= 0.3 is 11.9 Å². The molecule has 0 bridgehead atoms. The van der Waals surface area contributed by atoms with Crippen LogP contribution in [0.15, 0.2) is 36.4 Å². The van der Waals surface area contributed by atoms with Crippen LogP contribution < -0.4 is 0 Å². The number of rotatable bonds is 3. The predicted octanol–water partition coefficient (Wildman–Crippen LogP) is 2.71. The molecular weight excluding hydrogens is 280 g/mol. The van der Waals surface area contributed by atoms with Gasteiger partial charge in [-0.15, -0.1) is 12.8 Å². The number of aromatic carboxylic acids is 2. The van der Waals surface area contributed by atoms with Crippen LogP contribution in [0.4, 0.5) is 0 Å². The molecule has 2 rings (SSSR count). The van der Waals surface area contributed by atoms with E-state index in [0.29, 0.717) is 11.1 Å². The molecule has 2 aromatic rings. The molecule has 0 aliphatic heterocycles. The topological polar surface area (TPSA) is 74.6 Å². The molecule has 0 amide bonds. The summed E-state index contributed by atoms with van der Waals surface area (Å²) >= 11 is 0. The molecule has 0 heterocycles. The van der Waals surface area contributed by atoms with E-state index in [1.807, 2.05) is 0 Å². The minimum absolute atomic E-state index is 0.0382. The zero-order chi connectivity index (χ0) is 16.3. The highest BCUT2D eigenvalue weighted by molar-refractivity contribution is 5.97. The normalized spacial score (nSPS) is 9.55. The van der Waals surface area contributed by atoms with Crippen LogP contribution in [-0.4, -0.2) is 22.2 Å². The molecule has 0 atom stereocenters. The summed E-state index contributed by atoms with van der Waals surface area (Å²) in [7, 11) is 0. The summed E-state index contributed by atoms with van der Waals surface area (Å²) in [5.41, 5.74) is 1.08. The average molecular weight is 290 g/mol. The summed E-state index contributed by atoms with van der Waals surface area (Å²) in [4.78, 5) is 22.5. The van der Waals surface area contributed by atoms with E-state index in [1.165, 1.54) is 24.3 Å². The Labute approximate surface area is 127 Å². The summed E-state index contributed by atoms with van der Waals surface area (Å²) in [5.74, 6) is 2.37.